The van der Waals surface area contributed by atoms with Gasteiger partial charge in [-0.1, -0.05) is 30.3 Å². The van der Waals surface area contributed by atoms with Gasteiger partial charge in [0.05, 0.1) is 5.56 Å². The number of rotatable bonds is 4. The fourth-order valence-corrected chi connectivity index (χ4v) is 3.12. The summed E-state index contributed by atoms with van der Waals surface area (Å²) in [5, 5.41) is 0. The molecule has 2 heterocycles. The van der Waals surface area contributed by atoms with Crippen molar-refractivity contribution in [2.24, 2.45) is 0 Å². The Hall–Kier alpha value is -2.23. The fraction of sp³-hybridized carbons (Fsp3) is 0.353. The summed E-state index contributed by atoms with van der Waals surface area (Å²) in [6.07, 6.45) is 7.21. The van der Waals surface area contributed by atoms with E-state index in [2.05, 4.69) is 46.1 Å². The Morgan fingerprint density at radius 1 is 1.24 bits per heavy atom. The molecule has 108 valence electrons. The zero-order valence-corrected chi connectivity index (χ0v) is 12.2. The van der Waals surface area contributed by atoms with Crippen molar-refractivity contribution in [3.8, 4) is 0 Å². The summed E-state index contributed by atoms with van der Waals surface area (Å²) in [4.78, 5) is 21.7. The van der Waals surface area contributed by atoms with Crippen molar-refractivity contribution in [3.05, 3.63) is 53.9 Å². The number of hydrogen-bond acceptors (Lipinski definition) is 4. The van der Waals surface area contributed by atoms with Crippen LogP contribution in [0.1, 0.15) is 35.7 Å². The molecular formula is C17H19N3O. The molecule has 1 aliphatic rings. The van der Waals surface area contributed by atoms with E-state index >= 15 is 0 Å². The summed E-state index contributed by atoms with van der Waals surface area (Å²) in [6, 6.07) is 10.5. The molecule has 0 amide bonds. The molecule has 1 atom stereocenters. The smallest absolute Gasteiger partial charge is 0.225 e. The monoisotopic (exact) mass is 281 g/mol. The quantitative estimate of drug-likeness (QED) is 0.808. The van der Waals surface area contributed by atoms with Gasteiger partial charge in [0.1, 0.15) is 0 Å². The van der Waals surface area contributed by atoms with Crippen molar-refractivity contribution < 1.29 is 4.79 Å². The van der Waals surface area contributed by atoms with Gasteiger partial charge in [-0.15, -0.1) is 0 Å². The molecule has 1 aromatic heterocycles. The summed E-state index contributed by atoms with van der Waals surface area (Å²) in [6.45, 7) is 3.23. The second kappa shape index (κ2) is 5.64. The van der Waals surface area contributed by atoms with E-state index in [-0.39, 0.29) is 5.54 Å². The molecule has 0 N–H and O–H groups in total. The third-order valence-corrected chi connectivity index (χ3v) is 4.21. The minimum absolute atomic E-state index is 0.0318. The molecular weight excluding hydrogens is 262 g/mol. The Morgan fingerprint density at radius 3 is 2.62 bits per heavy atom. The molecule has 1 saturated heterocycles. The molecule has 1 unspecified atom stereocenters. The van der Waals surface area contributed by atoms with Gasteiger partial charge in [0.25, 0.3) is 0 Å². The van der Waals surface area contributed by atoms with Gasteiger partial charge in [0, 0.05) is 24.5 Å². The van der Waals surface area contributed by atoms with E-state index in [1.165, 1.54) is 5.56 Å². The van der Waals surface area contributed by atoms with Crippen LogP contribution < -0.4 is 4.90 Å². The Labute approximate surface area is 124 Å². The molecule has 0 saturated carbocycles. The van der Waals surface area contributed by atoms with Gasteiger partial charge < -0.3 is 4.90 Å². The Kier molecular flexibility index (Phi) is 3.69. The largest absolute Gasteiger partial charge is 0.335 e. The number of benzene rings is 1. The van der Waals surface area contributed by atoms with Gasteiger partial charge in [0.2, 0.25) is 5.95 Å². The van der Waals surface area contributed by atoms with E-state index in [1.54, 1.807) is 12.4 Å². The molecule has 0 aliphatic carbocycles. The maximum atomic E-state index is 10.7. The predicted octanol–water partition coefficient (Wildman–Crippen LogP) is 2.89. The van der Waals surface area contributed by atoms with Gasteiger partial charge >= 0.3 is 0 Å². The molecule has 0 spiro atoms. The topological polar surface area (TPSA) is 46.1 Å². The van der Waals surface area contributed by atoms with Crippen molar-refractivity contribution in [3.63, 3.8) is 0 Å². The van der Waals surface area contributed by atoms with Crippen molar-refractivity contribution >= 4 is 12.2 Å². The third-order valence-electron chi connectivity index (χ3n) is 4.21. The first-order chi connectivity index (χ1) is 10.2. The molecule has 3 rings (SSSR count). The molecule has 1 aromatic carbocycles. The van der Waals surface area contributed by atoms with Crippen LogP contribution in [-0.2, 0) is 6.42 Å². The van der Waals surface area contributed by atoms with Crippen LogP contribution in [-0.4, -0.2) is 28.3 Å². The SMILES string of the molecule is CC1(Cc2ccccc2)CCCN1c1ncc(C=O)cn1. The molecule has 4 heteroatoms. The number of carbonyl (C=O) groups is 1. The summed E-state index contributed by atoms with van der Waals surface area (Å²) < 4.78 is 0. The van der Waals surface area contributed by atoms with Crippen LogP contribution in [0.15, 0.2) is 42.7 Å². The average Bonchev–Trinajstić information content (AvgIpc) is 2.90. The minimum atomic E-state index is 0.0318. The first kappa shape index (κ1) is 13.7. The lowest BCUT2D eigenvalue weighted by Gasteiger charge is -2.35. The fourth-order valence-electron chi connectivity index (χ4n) is 3.12. The van der Waals surface area contributed by atoms with Gasteiger partial charge in [-0.3, -0.25) is 4.79 Å². The lowest BCUT2D eigenvalue weighted by Crippen LogP contribution is -2.44. The number of anilines is 1. The second-order valence-corrected chi connectivity index (χ2v) is 5.85. The maximum Gasteiger partial charge on any atom is 0.225 e. The van der Waals surface area contributed by atoms with Gasteiger partial charge in [-0.05, 0) is 31.7 Å². The van der Waals surface area contributed by atoms with Crippen molar-refractivity contribution in [2.45, 2.75) is 31.7 Å². The van der Waals surface area contributed by atoms with E-state index in [1.807, 2.05) is 6.07 Å². The lowest BCUT2D eigenvalue weighted by molar-refractivity contribution is 0.112. The van der Waals surface area contributed by atoms with Crippen LogP contribution in [0.5, 0.6) is 0 Å². The van der Waals surface area contributed by atoms with Crippen LogP contribution in [0.3, 0.4) is 0 Å². The van der Waals surface area contributed by atoms with Gasteiger partial charge in [-0.2, -0.15) is 0 Å². The first-order valence-corrected chi connectivity index (χ1v) is 7.30. The van der Waals surface area contributed by atoms with Crippen molar-refractivity contribution in [1.29, 1.82) is 0 Å². The van der Waals surface area contributed by atoms with Crippen molar-refractivity contribution in [1.82, 2.24) is 9.97 Å². The summed E-state index contributed by atoms with van der Waals surface area (Å²) >= 11 is 0. The first-order valence-electron chi connectivity index (χ1n) is 7.30. The standard InChI is InChI=1S/C17H19N3O/c1-17(10-14-6-3-2-4-7-14)8-5-9-20(17)16-18-11-15(13-21)12-19-16/h2-4,6-7,11-13H,5,8-10H2,1H3. The summed E-state index contributed by atoms with van der Waals surface area (Å²) in [5.41, 5.74) is 1.88. The van der Waals surface area contributed by atoms with Crippen LogP contribution >= 0.6 is 0 Å². The van der Waals surface area contributed by atoms with E-state index in [0.29, 0.717) is 5.56 Å². The van der Waals surface area contributed by atoms with Gasteiger partial charge in [0.15, 0.2) is 6.29 Å². The van der Waals surface area contributed by atoms with Crippen molar-refractivity contribution in [2.75, 3.05) is 11.4 Å². The number of aldehydes is 1. The number of hydrogen-bond donors (Lipinski definition) is 0. The number of aromatic nitrogens is 2. The van der Waals surface area contributed by atoms with E-state index in [4.69, 9.17) is 0 Å². The van der Waals surface area contributed by atoms with Crippen LogP contribution in [0.4, 0.5) is 5.95 Å². The highest BCUT2D eigenvalue weighted by Crippen LogP contribution is 2.34. The Bertz CT molecular complexity index is 612. The zero-order valence-electron chi connectivity index (χ0n) is 12.2. The number of nitrogens with zero attached hydrogens (tertiary/aromatic N) is 3. The molecule has 2 aromatic rings. The average molecular weight is 281 g/mol. The van der Waals surface area contributed by atoms with Crippen LogP contribution in [0.25, 0.3) is 0 Å². The second-order valence-electron chi connectivity index (χ2n) is 5.85. The molecule has 0 bridgehead atoms. The number of carbonyl (C=O) groups excluding carboxylic acids is 1. The summed E-state index contributed by atoms with van der Waals surface area (Å²) in [7, 11) is 0. The molecule has 4 nitrogen and oxygen atoms in total. The third kappa shape index (κ3) is 2.79. The minimum Gasteiger partial charge on any atom is -0.335 e. The highest BCUT2D eigenvalue weighted by molar-refractivity contribution is 5.73. The van der Waals surface area contributed by atoms with Gasteiger partial charge in [-0.25, -0.2) is 9.97 Å². The Morgan fingerprint density at radius 2 is 1.95 bits per heavy atom. The molecule has 0 radical (unpaired) electrons. The molecule has 21 heavy (non-hydrogen) atoms. The highest BCUT2D eigenvalue weighted by atomic mass is 16.1. The zero-order chi connectivity index (χ0) is 14.7. The Balaban J connectivity index is 1.85. The lowest BCUT2D eigenvalue weighted by atomic mass is 9.90. The summed E-state index contributed by atoms with van der Waals surface area (Å²) in [5.74, 6) is 0.719. The normalized spacial score (nSPS) is 21.5. The molecule has 1 aliphatic heterocycles. The van der Waals surface area contributed by atoms with Crippen LogP contribution in [0.2, 0.25) is 0 Å². The van der Waals surface area contributed by atoms with E-state index in [9.17, 15) is 4.79 Å². The predicted molar refractivity (Wildman–Crippen MR) is 82.6 cm³/mol. The van der Waals surface area contributed by atoms with Crippen LogP contribution in [0, 0.1) is 0 Å². The maximum absolute atomic E-state index is 10.7. The molecule has 1 fully saturated rings. The van der Waals surface area contributed by atoms with E-state index < -0.39 is 0 Å². The highest BCUT2D eigenvalue weighted by Gasteiger charge is 2.38. The van der Waals surface area contributed by atoms with E-state index in [0.717, 1.165) is 38.0 Å².